The third-order valence-electron chi connectivity index (χ3n) is 6.78. The molecule has 0 atom stereocenters. The molecule has 1 saturated heterocycles. The lowest BCUT2D eigenvalue weighted by Gasteiger charge is -2.35. The van der Waals surface area contributed by atoms with Gasteiger partial charge in [-0.3, -0.25) is 9.69 Å². The van der Waals surface area contributed by atoms with Gasteiger partial charge in [0.1, 0.15) is 5.75 Å². The van der Waals surface area contributed by atoms with Crippen molar-refractivity contribution >= 4 is 17.5 Å². The minimum atomic E-state index is -0.417. The summed E-state index contributed by atoms with van der Waals surface area (Å²) in [6, 6.07) is 16.3. The molecule has 1 N–H and O–H groups in total. The predicted octanol–water partition coefficient (Wildman–Crippen LogP) is 4.94. The van der Waals surface area contributed by atoms with E-state index in [1.807, 2.05) is 30.3 Å². The van der Waals surface area contributed by atoms with Crippen molar-refractivity contribution in [2.45, 2.75) is 56.5 Å². The SMILES string of the molecule is COc1ccccc1CN1CCC(NC(=O)C2(c3cccc(Cl)c3)CCCC2)CC1. The summed E-state index contributed by atoms with van der Waals surface area (Å²) in [7, 11) is 1.72. The highest BCUT2D eigenvalue weighted by atomic mass is 35.5. The van der Waals surface area contributed by atoms with Gasteiger partial charge in [-0.15, -0.1) is 0 Å². The maximum Gasteiger partial charge on any atom is 0.230 e. The van der Waals surface area contributed by atoms with Gasteiger partial charge in [0, 0.05) is 36.3 Å². The summed E-state index contributed by atoms with van der Waals surface area (Å²) >= 11 is 6.24. The molecule has 1 saturated carbocycles. The Bertz CT molecular complexity index is 871. The second kappa shape index (κ2) is 9.40. The number of hydrogen-bond acceptors (Lipinski definition) is 3. The molecule has 4 rings (SSSR count). The Morgan fingerprint density at radius 1 is 1.13 bits per heavy atom. The molecule has 0 aromatic heterocycles. The summed E-state index contributed by atoms with van der Waals surface area (Å²) in [4.78, 5) is 15.9. The number of rotatable bonds is 6. The van der Waals surface area contributed by atoms with E-state index in [9.17, 15) is 4.79 Å². The topological polar surface area (TPSA) is 41.6 Å². The van der Waals surface area contributed by atoms with Crippen LogP contribution in [0.2, 0.25) is 5.02 Å². The van der Waals surface area contributed by atoms with Crippen LogP contribution in [0.5, 0.6) is 5.75 Å². The molecule has 0 unspecified atom stereocenters. The normalized spacial score (nSPS) is 19.5. The average molecular weight is 427 g/mol. The van der Waals surface area contributed by atoms with Crippen LogP contribution in [0.1, 0.15) is 49.7 Å². The molecule has 0 radical (unpaired) electrons. The van der Waals surface area contributed by atoms with Crippen LogP contribution in [-0.2, 0) is 16.8 Å². The van der Waals surface area contributed by atoms with Crippen molar-refractivity contribution in [3.8, 4) is 5.75 Å². The molecule has 1 aliphatic carbocycles. The Kier molecular flexibility index (Phi) is 6.64. The highest BCUT2D eigenvalue weighted by Gasteiger charge is 2.43. The molecule has 5 heteroatoms. The zero-order valence-electron chi connectivity index (χ0n) is 17.7. The second-order valence-electron chi connectivity index (χ2n) is 8.64. The van der Waals surface area contributed by atoms with Crippen LogP contribution >= 0.6 is 11.6 Å². The maximum absolute atomic E-state index is 13.4. The van der Waals surface area contributed by atoms with E-state index >= 15 is 0 Å². The third kappa shape index (κ3) is 4.50. The fourth-order valence-electron chi connectivity index (χ4n) is 5.04. The third-order valence-corrected chi connectivity index (χ3v) is 7.01. The van der Waals surface area contributed by atoms with E-state index in [0.717, 1.165) is 69.5 Å². The number of para-hydroxylation sites is 1. The van der Waals surface area contributed by atoms with Crippen molar-refractivity contribution in [1.29, 1.82) is 0 Å². The van der Waals surface area contributed by atoms with Gasteiger partial charge in [0.15, 0.2) is 0 Å². The van der Waals surface area contributed by atoms with Crippen LogP contribution < -0.4 is 10.1 Å². The molecule has 0 bridgehead atoms. The largest absolute Gasteiger partial charge is 0.496 e. The van der Waals surface area contributed by atoms with Crippen LogP contribution in [0.15, 0.2) is 48.5 Å². The number of amides is 1. The number of benzene rings is 2. The van der Waals surface area contributed by atoms with Crippen LogP contribution in [-0.4, -0.2) is 37.0 Å². The molecular weight excluding hydrogens is 396 g/mol. The first-order valence-electron chi connectivity index (χ1n) is 11.0. The molecule has 30 heavy (non-hydrogen) atoms. The zero-order valence-corrected chi connectivity index (χ0v) is 18.5. The summed E-state index contributed by atoms with van der Waals surface area (Å²) in [6.07, 6.45) is 5.96. The van der Waals surface area contributed by atoms with E-state index in [0.29, 0.717) is 5.02 Å². The lowest BCUT2D eigenvalue weighted by Crippen LogP contribution is -2.50. The standard InChI is InChI=1S/C25H31ClN2O2/c1-30-23-10-3-2-7-19(23)18-28-15-11-22(12-16-28)27-24(29)25(13-4-5-14-25)20-8-6-9-21(26)17-20/h2-3,6-10,17,22H,4-5,11-16,18H2,1H3,(H,27,29). The van der Waals surface area contributed by atoms with E-state index in [-0.39, 0.29) is 11.9 Å². The second-order valence-corrected chi connectivity index (χ2v) is 9.07. The highest BCUT2D eigenvalue weighted by molar-refractivity contribution is 6.30. The first kappa shape index (κ1) is 21.2. The van der Waals surface area contributed by atoms with Gasteiger partial charge in [-0.25, -0.2) is 0 Å². The van der Waals surface area contributed by atoms with Gasteiger partial charge in [0.2, 0.25) is 5.91 Å². The van der Waals surface area contributed by atoms with E-state index in [1.54, 1.807) is 7.11 Å². The Morgan fingerprint density at radius 2 is 1.87 bits per heavy atom. The number of methoxy groups -OCH3 is 1. The van der Waals surface area contributed by atoms with Crippen molar-refractivity contribution in [2.24, 2.45) is 0 Å². The minimum Gasteiger partial charge on any atom is -0.496 e. The van der Waals surface area contributed by atoms with E-state index in [2.05, 4.69) is 28.4 Å². The number of carbonyl (C=O) groups is 1. The molecule has 2 aromatic carbocycles. The van der Waals surface area contributed by atoms with Gasteiger partial charge in [0.25, 0.3) is 0 Å². The number of hydrogen-bond donors (Lipinski definition) is 1. The minimum absolute atomic E-state index is 0.186. The lowest BCUT2D eigenvalue weighted by atomic mass is 9.77. The van der Waals surface area contributed by atoms with Gasteiger partial charge in [0.05, 0.1) is 12.5 Å². The molecule has 0 spiro atoms. The molecule has 1 heterocycles. The van der Waals surface area contributed by atoms with Crippen LogP contribution in [0.25, 0.3) is 0 Å². The monoisotopic (exact) mass is 426 g/mol. The zero-order chi connectivity index (χ0) is 21.0. The quantitative estimate of drug-likeness (QED) is 0.711. The van der Waals surface area contributed by atoms with Crippen LogP contribution in [0.3, 0.4) is 0 Å². The number of piperidine rings is 1. The molecule has 2 aliphatic rings. The highest BCUT2D eigenvalue weighted by Crippen LogP contribution is 2.42. The Hall–Kier alpha value is -2.04. The smallest absolute Gasteiger partial charge is 0.230 e. The molecular formula is C25H31ClN2O2. The van der Waals surface area contributed by atoms with Crippen molar-refractivity contribution < 1.29 is 9.53 Å². The Labute approximate surface area is 184 Å². The van der Waals surface area contributed by atoms with Crippen molar-refractivity contribution in [3.63, 3.8) is 0 Å². The molecule has 2 aromatic rings. The maximum atomic E-state index is 13.4. The Balaban J connectivity index is 1.37. The Morgan fingerprint density at radius 3 is 2.57 bits per heavy atom. The van der Waals surface area contributed by atoms with Crippen molar-refractivity contribution in [2.75, 3.05) is 20.2 Å². The van der Waals surface area contributed by atoms with Gasteiger partial charge in [-0.2, -0.15) is 0 Å². The lowest BCUT2D eigenvalue weighted by molar-refractivity contribution is -0.127. The predicted molar refractivity (Wildman–Crippen MR) is 121 cm³/mol. The molecule has 1 aliphatic heterocycles. The van der Waals surface area contributed by atoms with Crippen LogP contribution in [0.4, 0.5) is 0 Å². The van der Waals surface area contributed by atoms with Gasteiger partial charge >= 0.3 is 0 Å². The summed E-state index contributed by atoms with van der Waals surface area (Å²) in [5.74, 6) is 1.13. The molecule has 2 fully saturated rings. The van der Waals surface area contributed by atoms with Gasteiger partial charge < -0.3 is 10.1 Å². The number of nitrogens with one attached hydrogen (secondary N) is 1. The van der Waals surface area contributed by atoms with E-state index in [1.165, 1.54) is 5.56 Å². The number of likely N-dealkylation sites (tertiary alicyclic amines) is 1. The first-order chi connectivity index (χ1) is 14.6. The summed E-state index contributed by atoms with van der Waals surface area (Å²) in [5, 5.41) is 4.10. The summed E-state index contributed by atoms with van der Waals surface area (Å²) in [6.45, 7) is 2.84. The van der Waals surface area contributed by atoms with Gasteiger partial charge in [-0.1, -0.05) is 54.8 Å². The van der Waals surface area contributed by atoms with Crippen molar-refractivity contribution in [1.82, 2.24) is 10.2 Å². The average Bonchev–Trinajstić information content (AvgIpc) is 3.27. The van der Waals surface area contributed by atoms with Crippen molar-refractivity contribution in [3.05, 3.63) is 64.7 Å². The number of halogens is 1. The fourth-order valence-corrected chi connectivity index (χ4v) is 5.24. The molecule has 4 nitrogen and oxygen atoms in total. The number of carbonyl (C=O) groups excluding carboxylic acids is 1. The number of nitrogens with zero attached hydrogens (tertiary/aromatic N) is 1. The van der Waals surface area contributed by atoms with E-state index < -0.39 is 5.41 Å². The first-order valence-corrected chi connectivity index (χ1v) is 11.4. The fraction of sp³-hybridized carbons (Fsp3) is 0.480. The summed E-state index contributed by atoms with van der Waals surface area (Å²) in [5.41, 5.74) is 1.87. The van der Waals surface area contributed by atoms with Crippen LogP contribution in [0, 0.1) is 0 Å². The van der Waals surface area contributed by atoms with Gasteiger partial charge in [-0.05, 0) is 49.4 Å². The molecule has 160 valence electrons. The molecule has 1 amide bonds. The summed E-state index contributed by atoms with van der Waals surface area (Å²) < 4.78 is 5.49. The van der Waals surface area contributed by atoms with E-state index in [4.69, 9.17) is 16.3 Å². The number of ether oxygens (including phenoxy) is 1.